The van der Waals surface area contributed by atoms with E-state index in [4.69, 9.17) is 4.98 Å². The van der Waals surface area contributed by atoms with Gasteiger partial charge < -0.3 is 20.3 Å². The summed E-state index contributed by atoms with van der Waals surface area (Å²) in [6.07, 6.45) is 0. The molecule has 9 heteroatoms. The fourth-order valence-corrected chi connectivity index (χ4v) is 4.36. The number of thiazole rings is 1. The number of carbonyl (C=O) groups is 1. The fraction of sp³-hybridized carbons (Fsp3) is 0.0400. The third kappa shape index (κ3) is 4.12. The summed E-state index contributed by atoms with van der Waals surface area (Å²) in [5, 5.41) is 15.3. The van der Waals surface area contributed by atoms with E-state index in [1.54, 1.807) is 12.1 Å². The number of aromatic nitrogens is 3. The Balaban J connectivity index is 1.61. The zero-order chi connectivity index (χ0) is 23.7. The lowest BCUT2D eigenvalue weighted by Gasteiger charge is -2.23. The van der Waals surface area contributed by atoms with Crippen LogP contribution >= 0.6 is 11.3 Å². The van der Waals surface area contributed by atoms with Crippen LogP contribution in [0, 0.1) is 0 Å². The molecule has 0 amide bonds. The van der Waals surface area contributed by atoms with Crippen LogP contribution in [-0.2, 0) is 0 Å². The number of nitrogens with one attached hydrogen (secondary N) is 2. The van der Waals surface area contributed by atoms with Crippen molar-refractivity contribution in [3.63, 3.8) is 0 Å². The van der Waals surface area contributed by atoms with E-state index in [1.165, 1.54) is 11.3 Å². The summed E-state index contributed by atoms with van der Waals surface area (Å²) in [6, 6.07) is 23.1. The van der Waals surface area contributed by atoms with Gasteiger partial charge in [-0.05, 0) is 24.3 Å². The smallest absolute Gasteiger partial charge is 0.360 e. The van der Waals surface area contributed by atoms with E-state index in [9.17, 15) is 14.7 Å². The highest BCUT2D eigenvalue weighted by Crippen LogP contribution is 2.36. The van der Waals surface area contributed by atoms with Crippen LogP contribution in [0.25, 0.3) is 22.3 Å². The summed E-state index contributed by atoms with van der Waals surface area (Å²) >= 11 is 1.46. The molecular weight excluding hydrogens is 450 g/mol. The number of hydrogen-bond donors (Lipinski definition) is 3. The van der Waals surface area contributed by atoms with Gasteiger partial charge in [0.25, 0.3) is 5.56 Å². The topological polar surface area (TPSA) is 111 Å². The highest BCUT2D eigenvalue weighted by Gasteiger charge is 2.17. The maximum atomic E-state index is 12.2. The Hall–Kier alpha value is -4.50. The first-order chi connectivity index (χ1) is 16.5. The van der Waals surface area contributed by atoms with Gasteiger partial charge in [0.15, 0.2) is 5.13 Å². The van der Waals surface area contributed by atoms with E-state index in [0.717, 1.165) is 22.6 Å². The van der Waals surface area contributed by atoms with Crippen molar-refractivity contribution in [2.24, 2.45) is 0 Å². The summed E-state index contributed by atoms with van der Waals surface area (Å²) < 4.78 is 0. The Bertz CT molecular complexity index is 1550. The SMILES string of the molecule is CN(c1ccccc1)c1cc2nc(C(=O)O)c(=O)[nH]c2cc1Nc1nc(-c2ccccc2)cs1. The van der Waals surface area contributed by atoms with Crippen LogP contribution < -0.4 is 15.8 Å². The Morgan fingerprint density at radius 2 is 1.74 bits per heavy atom. The van der Waals surface area contributed by atoms with Crippen LogP contribution in [0.1, 0.15) is 10.5 Å². The van der Waals surface area contributed by atoms with Crippen LogP contribution in [0.3, 0.4) is 0 Å². The molecule has 0 unspecified atom stereocenters. The quantitative estimate of drug-likeness (QED) is 0.311. The van der Waals surface area contributed by atoms with Gasteiger partial charge in [-0.15, -0.1) is 11.3 Å². The van der Waals surface area contributed by atoms with E-state index in [2.05, 4.69) is 15.3 Å². The van der Waals surface area contributed by atoms with Crippen molar-refractivity contribution in [1.29, 1.82) is 0 Å². The number of aromatic carboxylic acids is 1. The van der Waals surface area contributed by atoms with Gasteiger partial charge in [-0.1, -0.05) is 48.5 Å². The van der Waals surface area contributed by atoms with Crippen molar-refractivity contribution >= 4 is 50.5 Å². The molecule has 2 heterocycles. The summed E-state index contributed by atoms with van der Waals surface area (Å²) in [7, 11) is 1.91. The van der Waals surface area contributed by atoms with Gasteiger partial charge in [0, 0.05) is 23.7 Å². The maximum Gasteiger partial charge on any atom is 0.360 e. The molecule has 0 aliphatic rings. The number of anilines is 4. The monoisotopic (exact) mass is 469 g/mol. The van der Waals surface area contributed by atoms with Crippen molar-refractivity contribution in [1.82, 2.24) is 15.0 Å². The number of aromatic amines is 1. The zero-order valence-corrected chi connectivity index (χ0v) is 18.8. The minimum absolute atomic E-state index is 0.365. The van der Waals surface area contributed by atoms with Gasteiger partial charge in [-0.3, -0.25) is 4.79 Å². The first-order valence-electron chi connectivity index (χ1n) is 10.4. The molecule has 5 aromatic rings. The molecule has 0 aliphatic heterocycles. The van der Waals surface area contributed by atoms with Crippen LogP contribution in [0.4, 0.5) is 22.2 Å². The van der Waals surface area contributed by atoms with Gasteiger partial charge in [0.05, 0.1) is 28.1 Å². The Morgan fingerprint density at radius 3 is 2.44 bits per heavy atom. The van der Waals surface area contributed by atoms with Crippen molar-refractivity contribution in [3.8, 4) is 11.3 Å². The number of rotatable bonds is 6. The van der Waals surface area contributed by atoms with E-state index in [1.807, 2.05) is 78.0 Å². The summed E-state index contributed by atoms with van der Waals surface area (Å²) in [5.74, 6) is -1.38. The van der Waals surface area contributed by atoms with E-state index < -0.39 is 17.2 Å². The second kappa shape index (κ2) is 8.80. The summed E-state index contributed by atoms with van der Waals surface area (Å²) in [6.45, 7) is 0. The lowest BCUT2D eigenvalue weighted by Crippen LogP contribution is -2.20. The third-order valence-electron chi connectivity index (χ3n) is 5.33. The van der Waals surface area contributed by atoms with Gasteiger partial charge in [-0.2, -0.15) is 0 Å². The predicted octanol–water partition coefficient (Wildman–Crippen LogP) is 5.26. The predicted molar refractivity (Wildman–Crippen MR) is 135 cm³/mol. The van der Waals surface area contributed by atoms with Gasteiger partial charge in [-0.25, -0.2) is 14.8 Å². The van der Waals surface area contributed by atoms with Crippen LogP contribution in [0.15, 0.2) is 83.0 Å². The van der Waals surface area contributed by atoms with Crippen molar-refractivity contribution in [2.75, 3.05) is 17.3 Å². The van der Waals surface area contributed by atoms with E-state index in [0.29, 0.717) is 21.9 Å². The van der Waals surface area contributed by atoms with Gasteiger partial charge >= 0.3 is 5.97 Å². The normalized spacial score (nSPS) is 10.9. The highest BCUT2D eigenvalue weighted by molar-refractivity contribution is 7.14. The summed E-state index contributed by atoms with van der Waals surface area (Å²) in [4.78, 5) is 37.0. The molecule has 0 saturated heterocycles. The average molecular weight is 470 g/mol. The molecule has 0 radical (unpaired) electrons. The van der Waals surface area contributed by atoms with Crippen molar-refractivity contribution in [3.05, 3.63) is 94.2 Å². The molecule has 3 aromatic carbocycles. The molecule has 2 aromatic heterocycles. The number of carboxylic acids is 1. The first-order valence-corrected chi connectivity index (χ1v) is 11.3. The van der Waals surface area contributed by atoms with E-state index >= 15 is 0 Å². The molecule has 0 atom stereocenters. The number of hydrogen-bond acceptors (Lipinski definition) is 7. The maximum absolute atomic E-state index is 12.2. The van der Waals surface area contributed by atoms with Crippen molar-refractivity contribution in [2.45, 2.75) is 0 Å². The largest absolute Gasteiger partial charge is 0.476 e. The number of fused-ring (bicyclic) bond motifs is 1. The minimum atomic E-state index is -1.38. The number of benzene rings is 3. The Kier molecular flexibility index (Phi) is 5.52. The average Bonchev–Trinajstić information content (AvgIpc) is 3.32. The highest BCUT2D eigenvalue weighted by atomic mass is 32.1. The molecule has 5 rings (SSSR count). The minimum Gasteiger partial charge on any atom is -0.476 e. The first kappa shape index (κ1) is 21.4. The number of nitrogens with zero attached hydrogens (tertiary/aromatic N) is 3. The molecule has 0 fully saturated rings. The molecule has 3 N–H and O–H groups in total. The molecule has 8 nitrogen and oxygen atoms in total. The molecular formula is C25H19N5O3S. The lowest BCUT2D eigenvalue weighted by atomic mass is 10.2. The molecule has 168 valence electrons. The Morgan fingerprint density at radius 1 is 1.03 bits per heavy atom. The second-order valence-corrected chi connectivity index (χ2v) is 8.39. The van der Waals surface area contributed by atoms with Gasteiger partial charge in [0.1, 0.15) is 0 Å². The molecule has 0 spiro atoms. The Labute approximate surface area is 198 Å². The van der Waals surface area contributed by atoms with Crippen LogP contribution in [-0.4, -0.2) is 33.1 Å². The standard InChI is InChI=1S/C25H19N5O3S/c1-30(16-10-6-3-7-11-16)21-13-18-17(27-23(31)22(26-18)24(32)33)12-19(21)28-25-29-20(14-34-25)15-8-4-2-5-9-15/h2-14H,1H3,(H,27,31)(H,28,29)(H,32,33). The molecule has 0 saturated carbocycles. The molecule has 34 heavy (non-hydrogen) atoms. The lowest BCUT2D eigenvalue weighted by molar-refractivity contribution is 0.0689. The van der Waals surface area contributed by atoms with E-state index in [-0.39, 0.29) is 0 Å². The zero-order valence-electron chi connectivity index (χ0n) is 18.0. The van der Waals surface area contributed by atoms with Crippen molar-refractivity contribution < 1.29 is 9.90 Å². The number of carboxylic acid groups (broad SMARTS) is 1. The molecule has 0 bridgehead atoms. The number of para-hydroxylation sites is 1. The second-order valence-electron chi connectivity index (χ2n) is 7.53. The number of H-pyrrole nitrogens is 1. The van der Waals surface area contributed by atoms with Crippen LogP contribution in [0.2, 0.25) is 0 Å². The third-order valence-corrected chi connectivity index (χ3v) is 6.09. The van der Waals surface area contributed by atoms with Gasteiger partial charge in [0.2, 0.25) is 5.69 Å². The molecule has 0 aliphatic carbocycles. The summed E-state index contributed by atoms with van der Waals surface area (Å²) in [5.41, 5.74) is 3.71. The van der Waals surface area contributed by atoms with Crippen LogP contribution in [0.5, 0.6) is 0 Å². The fourth-order valence-electron chi connectivity index (χ4n) is 3.62.